The Morgan fingerprint density at radius 2 is 2.05 bits per heavy atom. The Morgan fingerprint density at radius 3 is 2.73 bits per heavy atom. The summed E-state index contributed by atoms with van der Waals surface area (Å²) in [4.78, 5) is 35.9. The number of anilines is 1. The smallest absolute Gasteiger partial charge is 0.328 e. The monoisotopic (exact) mass is 308 g/mol. The number of fused-ring (bicyclic) bond motifs is 1. The number of para-hydroxylation sites is 1. The third-order valence-electron chi connectivity index (χ3n) is 3.54. The Labute approximate surface area is 126 Å². The van der Waals surface area contributed by atoms with Crippen molar-refractivity contribution >= 4 is 23.5 Å². The van der Waals surface area contributed by atoms with E-state index in [1.807, 2.05) is 24.3 Å². The molecule has 0 bridgehead atoms. The first kappa shape index (κ1) is 15.9. The van der Waals surface area contributed by atoms with Gasteiger partial charge in [-0.25, -0.2) is 9.18 Å². The van der Waals surface area contributed by atoms with Gasteiger partial charge >= 0.3 is 5.97 Å². The fourth-order valence-electron chi connectivity index (χ4n) is 2.39. The van der Waals surface area contributed by atoms with Crippen LogP contribution in [0.2, 0.25) is 0 Å². The number of hydrogen-bond acceptors (Lipinski definition) is 3. The molecule has 1 aliphatic heterocycles. The van der Waals surface area contributed by atoms with Crippen LogP contribution >= 0.6 is 0 Å². The highest BCUT2D eigenvalue weighted by Gasteiger charge is 2.25. The summed E-state index contributed by atoms with van der Waals surface area (Å²) in [5.41, 5.74) is 1.81. The average Bonchev–Trinajstić information content (AvgIpc) is 2.51. The van der Waals surface area contributed by atoms with Gasteiger partial charge in [-0.15, -0.1) is 0 Å². The van der Waals surface area contributed by atoms with Crippen LogP contribution in [0.25, 0.3) is 0 Å². The summed E-state index contributed by atoms with van der Waals surface area (Å²) in [5, 5.41) is 10.8. The number of aryl methyl sites for hydroxylation is 1. The topological polar surface area (TPSA) is 86.7 Å². The Hall–Kier alpha value is -2.44. The number of nitrogens with one attached hydrogen (secondary N) is 1. The maximum atomic E-state index is 12.5. The number of carbonyl (C=O) groups excluding carboxylic acids is 2. The second-order valence-corrected chi connectivity index (χ2v) is 5.04. The van der Waals surface area contributed by atoms with Crippen molar-refractivity contribution in [3.63, 3.8) is 0 Å². The number of amides is 2. The molecule has 1 aliphatic rings. The van der Waals surface area contributed by atoms with E-state index < -0.39 is 24.6 Å². The largest absolute Gasteiger partial charge is 0.480 e. The number of benzene rings is 1. The number of halogens is 1. The fraction of sp³-hybridized carbons (Fsp3) is 0.400. The van der Waals surface area contributed by atoms with Gasteiger partial charge in [0, 0.05) is 25.1 Å². The molecule has 1 aromatic rings. The minimum atomic E-state index is -1.54. The van der Waals surface area contributed by atoms with Crippen LogP contribution in [-0.4, -0.2) is 42.2 Å². The van der Waals surface area contributed by atoms with E-state index in [-0.39, 0.29) is 18.9 Å². The highest BCUT2D eigenvalue weighted by Crippen LogP contribution is 2.27. The number of rotatable bonds is 6. The molecule has 0 aliphatic carbocycles. The van der Waals surface area contributed by atoms with Gasteiger partial charge in [-0.05, 0) is 18.1 Å². The van der Waals surface area contributed by atoms with Crippen LogP contribution in [0.3, 0.4) is 0 Å². The molecule has 0 aromatic heterocycles. The summed E-state index contributed by atoms with van der Waals surface area (Å²) < 4.78 is 12.5. The van der Waals surface area contributed by atoms with Gasteiger partial charge in [-0.1, -0.05) is 18.2 Å². The predicted molar refractivity (Wildman–Crippen MR) is 77.3 cm³/mol. The summed E-state index contributed by atoms with van der Waals surface area (Å²) in [7, 11) is 0. The molecular weight excluding hydrogens is 291 g/mol. The molecule has 22 heavy (non-hydrogen) atoms. The first-order valence-corrected chi connectivity index (χ1v) is 6.99. The molecule has 2 amide bonds. The van der Waals surface area contributed by atoms with Gasteiger partial charge in [-0.2, -0.15) is 0 Å². The lowest BCUT2D eigenvalue weighted by atomic mass is 10.0. The highest BCUT2D eigenvalue weighted by molar-refractivity contribution is 5.97. The lowest BCUT2D eigenvalue weighted by molar-refractivity contribution is -0.142. The quantitative estimate of drug-likeness (QED) is 0.817. The van der Waals surface area contributed by atoms with Crippen molar-refractivity contribution in [2.45, 2.75) is 25.3 Å². The molecule has 0 spiro atoms. The van der Waals surface area contributed by atoms with E-state index in [0.29, 0.717) is 12.8 Å². The van der Waals surface area contributed by atoms with E-state index in [9.17, 15) is 18.8 Å². The number of carboxylic acids is 1. The Kier molecular flexibility index (Phi) is 5.08. The van der Waals surface area contributed by atoms with Gasteiger partial charge in [0.25, 0.3) is 0 Å². The molecule has 1 aromatic carbocycles. The van der Waals surface area contributed by atoms with Gasteiger partial charge in [0.1, 0.15) is 6.67 Å². The van der Waals surface area contributed by atoms with Crippen molar-refractivity contribution in [2.24, 2.45) is 0 Å². The third kappa shape index (κ3) is 3.60. The maximum absolute atomic E-state index is 12.5. The summed E-state index contributed by atoms with van der Waals surface area (Å²) in [6, 6.07) is 5.90. The molecule has 1 unspecified atom stereocenters. The summed E-state index contributed by atoms with van der Waals surface area (Å²) in [5.74, 6) is -2.09. The zero-order valence-electron chi connectivity index (χ0n) is 11.9. The molecule has 7 heteroatoms. The van der Waals surface area contributed by atoms with Gasteiger partial charge in [0.05, 0.1) is 0 Å². The molecule has 0 fully saturated rings. The van der Waals surface area contributed by atoms with Crippen LogP contribution in [0.15, 0.2) is 24.3 Å². The standard InChI is InChI=1S/C15H17FN2O4/c16-9-11(15(21)22)17-13(19)7-8-18-12-4-2-1-3-10(12)5-6-14(18)20/h1-4,11H,5-9H2,(H,17,19)(H,21,22). The van der Waals surface area contributed by atoms with Gasteiger partial charge in [0.15, 0.2) is 6.04 Å². The van der Waals surface area contributed by atoms with E-state index in [0.717, 1.165) is 11.3 Å². The van der Waals surface area contributed by atoms with E-state index in [2.05, 4.69) is 5.32 Å². The van der Waals surface area contributed by atoms with Crippen molar-refractivity contribution < 1.29 is 23.9 Å². The molecular formula is C15H17FN2O4. The van der Waals surface area contributed by atoms with Crippen molar-refractivity contribution in [1.82, 2.24) is 5.32 Å². The number of alkyl halides is 1. The lowest BCUT2D eigenvalue weighted by Gasteiger charge is -2.29. The lowest BCUT2D eigenvalue weighted by Crippen LogP contribution is -2.44. The zero-order chi connectivity index (χ0) is 16.1. The Balaban J connectivity index is 1.98. The SMILES string of the molecule is O=C(CCN1C(=O)CCc2ccccc21)NC(CF)C(=O)O. The van der Waals surface area contributed by atoms with Crippen LogP contribution in [0.5, 0.6) is 0 Å². The second kappa shape index (κ2) is 7.02. The van der Waals surface area contributed by atoms with Gasteiger partial charge < -0.3 is 15.3 Å². The van der Waals surface area contributed by atoms with Crippen LogP contribution in [0.4, 0.5) is 10.1 Å². The summed E-state index contributed by atoms with van der Waals surface area (Å²) in [6.45, 7) is -1.03. The van der Waals surface area contributed by atoms with E-state index in [1.54, 1.807) is 0 Å². The first-order valence-electron chi connectivity index (χ1n) is 6.99. The van der Waals surface area contributed by atoms with Crippen molar-refractivity contribution in [3.05, 3.63) is 29.8 Å². The molecule has 0 radical (unpaired) electrons. The molecule has 2 rings (SSSR count). The minimum Gasteiger partial charge on any atom is -0.480 e. The van der Waals surface area contributed by atoms with Crippen LogP contribution in [0.1, 0.15) is 18.4 Å². The van der Waals surface area contributed by atoms with Gasteiger partial charge in [-0.3, -0.25) is 9.59 Å². The number of carbonyl (C=O) groups is 3. The zero-order valence-corrected chi connectivity index (χ0v) is 11.9. The second-order valence-electron chi connectivity index (χ2n) is 5.04. The van der Waals surface area contributed by atoms with E-state index >= 15 is 0 Å². The Morgan fingerprint density at radius 1 is 1.32 bits per heavy atom. The van der Waals surface area contributed by atoms with Gasteiger partial charge in [0.2, 0.25) is 11.8 Å². The highest BCUT2D eigenvalue weighted by atomic mass is 19.1. The number of carboxylic acid groups (broad SMARTS) is 1. The van der Waals surface area contributed by atoms with E-state index in [4.69, 9.17) is 5.11 Å². The van der Waals surface area contributed by atoms with Crippen LogP contribution in [0, 0.1) is 0 Å². The van der Waals surface area contributed by atoms with Crippen LogP contribution in [-0.2, 0) is 20.8 Å². The third-order valence-corrected chi connectivity index (χ3v) is 3.54. The fourth-order valence-corrected chi connectivity index (χ4v) is 2.39. The molecule has 0 saturated heterocycles. The molecule has 1 heterocycles. The normalized spacial score (nSPS) is 15.1. The van der Waals surface area contributed by atoms with Crippen molar-refractivity contribution in [3.8, 4) is 0 Å². The van der Waals surface area contributed by atoms with Crippen LogP contribution < -0.4 is 10.2 Å². The number of hydrogen-bond donors (Lipinski definition) is 2. The van der Waals surface area contributed by atoms with Crippen molar-refractivity contribution in [2.75, 3.05) is 18.1 Å². The maximum Gasteiger partial charge on any atom is 0.328 e. The average molecular weight is 308 g/mol. The van der Waals surface area contributed by atoms with E-state index in [1.165, 1.54) is 4.90 Å². The molecule has 0 saturated carbocycles. The molecule has 6 nitrogen and oxygen atoms in total. The minimum absolute atomic E-state index is 0.0771. The predicted octanol–water partition coefficient (Wildman–Crippen LogP) is 0.895. The summed E-state index contributed by atoms with van der Waals surface area (Å²) >= 11 is 0. The molecule has 2 N–H and O–H groups in total. The molecule has 1 atom stereocenters. The first-order chi connectivity index (χ1) is 10.5. The summed E-state index contributed by atoms with van der Waals surface area (Å²) in [6.07, 6.45) is 0.964. The Bertz CT molecular complexity index is 591. The number of nitrogens with zero attached hydrogens (tertiary/aromatic N) is 1. The number of aliphatic carboxylic acids is 1. The molecule has 118 valence electrons. The van der Waals surface area contributed by atoms with Crippen molar-refractivity contribution in [1.29, 1.82) is 0 Å².